The van der Waals surface area contributed by atoms with Crippen molar-refractivity contribution in [3.63, 3.8) is 0 Å². The Balaban J connectivity index is 1.98. The number of nitrogens with zero attached hydrogens (tertiary/aromatic N) is 3. The largest absolute Gasteiger partial charge is 0.350 e. The topological polar surface area (TPSA) is 76.9 Å². The smallest absolute Gasteiger partial charge is 0.267 e. The molecule has 0 saturated carbocycles. The summed E-state index contributed by atoms with van der Waals surface area (Å²) in [6.45, 7) is 8.26. The number of hydrogen-bond donors (Lipinski definition) is 1. The van der Waals surface area contributed by atoms with Crippen molar-refractivity contribution in [1.29, 1.82) is 0 Å². The summed E-state index contributed by atoms with van der Waals surface area (Å²) in [6, 6.07) is 3.04. The molecule has 0 aliphatic rings. The van der Waals surface area contributed by atoms with Crippen LogP contribution in [0.3, 0.4) is 0 Å². The average Bonchev–Trinajstić information content (AvgIpc) is 2.82. The molecule has 0 aromatic carbocycles. The van der Waals surface area contributed by atoms with Crippen molar-refractivity contribution in [1.82, 2.24) is 20.1 Å². The van der Waals surface area contributed by atoms with E-state index in [9.17, 15) is 9.59 Å². The van der Waals surface area contributed by atoms with E-state index in [1.807, 2.05) is 6.92 Å². The first-order chi connectivity index (χ1) is 10.4. The van der Waals surface area contributed by atoms with Gasteiger partial charge in [0, 0.05) is 16.9 Å². The second-order valence-electron chi connectivity index (χ2n) is 5.46. The highest BCUT2D eigenvalue weighted by Gasteiger charge is 2.12. The number of aryl methyl sites for hydroxylation is 2. The Morgan fingerprint density at radius 1 is 1.36 bits per heavy atom. The summed E-state index contributed by atoms with van der Waals surface area (Å²) in [7, 11) is 0. The van der Waals surface area contributed by atoms with Crippen molar-refractivity contribution >= 4 is 17.2 Å². The molecule has 0 aliphatic carbocycles. The molecule has 2 rings (SSSR count). The van der Waals surface area contributed by atoms with Crippen LogP contribution in [0.15, 0.2) is 16.9 Å². The lowest BCUT2D eigenvalue weighted by atomic mass is 10.2. The second-order valence-corrected chi connectivity index (χ2v) is 6.58. The average molecular weight is 320 g/mol. The van der Waals surface area contributed by atoms with E-state index >= 15 is 0 Å². The summed E-state index contributed by atoms with van der Waals surface area (Å²) in [5, 5.41) is 7.93. The number of amides is 1. The number of nitrogens with one attached hydrogen (secondary N) is 1. The monoisotopic (exact) mass is 320 g/mol. The van der Waals surface area contributed by atoms with Crippen molar-refractivity contribution in [2.75, 3.05) is 0 Å². The molecule has 0 saturated heterocycles. The standard InChI is InChI=1S/C15H20N4O2S/c1-9(2)15-17-11(4)12(22-15)7-16-13(20)8-19-14(21)6-5-10(3)18-19/h5-6,9H,7-8H2,1-4H3,(H,16,20). The molecule has 7 heteroatoms. The zero-order valence-electron chi connectivity index (χ0n) is 13.2. The van der Waals surface area contributed by atoms with Crippen LogP contribution in [-0.4, -0.2) is 20.7 Å². The van der Waals surface area contributed by atoms with Gasteiger partial charge in [0.2, 0.25) is 5.91 Å². The molecule has 0 spiro atoms. The SMILES string of the molecule is Cc1ccc(=O)n(CC(=O)NCc2sc(C(C)C)nc2C)n1. The van der Waals surface area contributed by atoms with E-state index in [0.29, 0.717) is 18.2 Å². The van der Waals surface area contributed by atoms with Crippen LogP contribution in [-0.2, 0) is 17.9 Å². The molecular weight excluding hydrogens is 300 g/mol. The fourth-order valence-electron chi connectivity index (χ4n) is 1.90. The lowest BCUT2D eigenvalue weighted by Crippen LogP contribution is -2.33. The highest BCUT2D eigenvalue weighted by Crippen LogP contribution is 2.24. The minimum atomic E-state index is -0.281. The maximum atomic E-state index is 12.0. The molecule has 0 radical (unpaired) electrons. The fourth-order valence-corrected chi connectivity index (χ4v) is 2.90. The van der Waals surface area contributed by atoms with Gasteiger partial charge in [-0.1, -0.05) is 13.8 Å². The number of aromatic nitrogens is 3. The third-order valence-electron chi connectivity index (χ3n) is 3.14. The van der Waals surface area contributed by atoms with Crippen LogP contribution in [0.2, 0.25) is 0 Å². The van der Waals surface area contributed by atoms with E-state index in [1.165, 1.54) is 10.7 Å². The predicted octanol–water partition coefficient (Wildman–Crippen LogP) is 1.76. The van der Waals surface area contributed by atoms with Gasteiger partial charge in [-0.2, -0.15) is 5.10 Å². The van der Waals surface area contributed by atoms with Gasteiger partial charge in [-0.25, -0.2) is 9.67 Å². The minimum absolute atomic E-state index is 0.0740. The van der Waals surface area contributed by atoms with Gasteiger partial charge in [0.15, 0.2) is 0 Å². The first-order valence-corrected chi connectivity index (χ1v) is 7.96. The Kier molecular flexibility index (Phi) is 5.07. The summed E-state index contributed by atoms with van der Waals surface area (Å²) < 4.78 is 1.17. The molecule has 0 unspecified atom stereocenters. The summed E-state index contributed by atoms with van der Waals surface area (Å²) in [4.78, 5) is 29.1. The van der Waals surface area contributed by atoms with Crippen LogP contribution in [0, 0.1) is 13.8 Å². The van der Waals surface area contributed by atoms with Crippen LogP contribution in [0.4, 0.5) is 0 Å². The molecule has 2 heterocycles. The van der Waals surface area contributed by atoms with Gasteiger partial charge in [0.05, 0.1) is 22.9 Å². The molecule has 2 aromatic heterocycles. The van der Waals surface area contributed by atoms with Crippen LogP contribution >= 0.6 is 11.3 Å². The molecule has 2 aromatic rings. The number of hydrogen-bond acceptors (Lipinski definition) is 5. The third kappa shape index (κ3) is 4.00. The predicted molar refractivity (Wildman–Crippen MR) is 86.0 cm³/mol. The van der Waals surface area contributed by atoms with Crippen LogP contribution in [0.1, 0.15) is 41.0 Å². The molecule has 22 heavy (non-hydrogen) atoms. The third-order valence-corrected chi connectivity index (χ3v) is 4.60. The Morgan fingerprint density at radius 2 is 2.09 bits per heavy atom. The summed E-state index contributed by atoms with van der Waals surface area (Å²) >= 11 is 1.61. The Labute approximate surface area is 133 Å². The van der Waals surface area contributed by atoms with Crippen molar-refractivity contribution < 1.29 is 4.79 Å². The summed E-state index contributed by atoms with van der Waals surface area (Å²) in [5.41, 5.74) is 1.36. The van der Waals surface area contributed by atoms with Crippen molar-refractivity contribution in [3.05, 3.63) is 43.8 Å². The van der Waals surface area contributed by atoms with E-state index in [1.54, 1.807) is 24.3 Å². The zero-order chi connectivity index (χ0) is 16.3. The quantitative estimate of drug-likeness (QED) is 0.910. The number of carbonyl (C=O) groups is 1. The van der Waals surface area contributed by atoms with Crippen LogP contribution in [0.5, 0.6) is 0 Å². The molecule has 1 N–H and O–H groups in total. The molecule has 0 fully saturated rings. The Hall–Kier alpha value is -2.02. The van der Waals surface area contributed by atoms with Crippen molar-refractivity contribution in [3.8, 4) is 0 Å². The number of carbonyl (C=O) groups excluding carboxylic acids is 1. The molecular formula is C15H20N4O2S. The van der Waals surface area contributed by atoms with E-state index in [4.69, 9.17) is 0 Å². The number of rotatable bonds is 5. The lowest BCUT2D eigenvalue weighted by molar-refractivity contribution is -0.122. The summed E-state index contributed by atoms with van der Waals surface area (Å²) in [5.74, 6) is 0.141. The van der Waals surface area contributed by atoms with Gasteiger partial charge in [-0.3, -0.25) is 9.59 Å². The summed E-state index contributed by atoms with van der Waals surface area (Å²) in [6.07, 6.45) is 0. The van der Waals surface area contributed by atoms with Gasteiger partial charge >= 0.3 is 0 Å². The minimum Gasteiger partial charge on any atom is -0.350 e. The van der Waals surface area contributed by atoms with Crippen molar-refractivity contribution in [2.24, 2.45) is 0 Å². The Bertz CT molecular complexity index is 733. The van der Waals surface area contributed by atoms with E-state index in [2.05, 4.69) is 29.2 Å². The first kappa shape index (κ1) is 16.4. The Morgan fingerprint density at radius 3 is 2.73 bits per heavy atom. The molecule has 0 aliphatic heterocycles. The van der Waals surface area contributed by atoms with Gasteiger partial charge in [0.25, 0.3) is 5.56 Å². The lowest BCUT2D eigenvalue weighted by Gasteiger charge is -2.06. The highest BCUT2D eigenvalue weighted by atomic mass is 32.1. The maximum absolute atomic E-state index is 12.0. The van der Waals surface area contributed by atoms with Crippen LogP contribution < -0.4 is 10.9 Å². The molecule has 0 atom stereocenters. The normalized spacial score (nSPS) is 11.0. The molecule has 118 valence electrons. The second kappa shape index (κ2) is 6.83. The highest BCUT2D eigenvalue weighted by molar-refractivity contribution is 7.11. The molecule has 6 nitrogen and oxygen atoms in total. The molecule has 1 amide bonds. The maximum Gasteiger partial charge on any atom is 0.267 e. The molecule has 0 bridgehead atoms. The van der Waals surface area contributed by atoms with E-state index < -0.39 is 0 Å². The van der Waals surface area contributed by atoms with Gasteiger partial charge < -0.3 is 5.32 Å². The fraction of sp³-hybridized carbons (Fsp3) is 0.467. The van der Waals surface area contributed by atoms with E-state index in [-0.39, 0.29) is 18.0 Å². The van der Waals surface area contributed by atoms with Gasteiger partial charge in [-0.05, 0) is 19.9 Å². The first-order valence-electron chi connectivity index (χ1n) is 7.14. The number of thiazole rings is 1. The van der Waals surface area contributed by atoms with Gasteiger partial charge in [0.1, 0.15) is 6.54 Å². The van der Waals surface area contributed by atoms with E-state index in [0.717, 1.165) is 15.6 Å². The van der Waals surface area contributed by atoms with Gasteiger partial charge in [-0.15, -0.1) is 11.3 Å². The van der Waals surface area contributed by atoms with Crippen molar-refractivity contribution in [2.45, 2.75) is 46.7 Å². The van der Waals surface area contributed by atoms with Crippen LogP contribution in [0.25, 0.3) is 0 Å². The zero-order valence-corrected chi connectivity index (χ0v) is 14.0.